The molecule has 0 amide bonds. The second-order valence-corrected chi connectivity index (χ2v) is 8.79. The molecule has 0 bridgehead atoms. The van der Waals surface area contributed by atoms with Crippen LogP contribution in [0.4, 0.5) is 8.78 Å². The van der Waals surface area contributed by atoms with Gasteiger partial charge in [0, 0.05) is 24.6 Å². The third-order valence-electron chi connectivity index (χ3n) is 5.40. The van der Waals surface area contributed by atoms with Gasteiger partial charge in [0.15, 0.2) is 5.11 Å². The summed E-state index contributed by atoms with van der Waals surface area (Å²) in [6.07, 6.45) is -1.25. The van der Waals surface area contributed by atoms with Gasteiger partial charge in [-0.2, -0.15) is 0 Å². The zero-order valence-electron chi connectivity index (χ0n) is 16.0. The number of rotatable bonds is 6. The smallest absolute Gasteiger partial charge is 0.332 e. The second kappa shape index (κ2) is 8.11. The number of hydrogen-bond acceptors (Lipinski definition) is 5. The predicted octanol–water partition coefficient (Wildman–Crippen LogP) is 1.67. The summed E-state index contributed by atoms with van der Waals surface area (Å²) in [4.78, 5) is 29.3. The summed E-state index contributed by atoms with van der Waals surface area (Å²) >= 11 is 6.65. The summed E-state index contributed by atoms with van der Waals surface area (Å²) in [5, 5.41) is 4.08. The molecule has 7 nitrogen and oxygen atoms in total. The fourth-order valence-corrected chi connectivity index (χ4v) is 5.45. The molecule has 1 atom stereocenters. The molecule has 2 aliphatic rings. The molecular formula is C18H22F2N4O3S2. The number of aromatic nitrogens is 2. The maximum Gasteiger partial charge on any atom is 0.332 e. The average Bonchev–Trinajstić information content (AvgIpc) is 3.39. The Kier molecular flexibility index (Phi) is 5.71. The van der Waals surface area contributed by atoms with Gasteiger partial charge in [-0.05, 0) is 37.5 Å². The summed E-state index contributed by atoms with van der Waals surface area (Å²) in [5.74, 6) is 0. The highest BCUT2D eigenvalue weighted by molar-refractivity contribution is 7.80. The van der Waals surface area contributed by atoms with Crippen molar-refractivity contribution in [3.8, 4) is 0 Å². The van der Waals surface area contributed by atoms with Gasteiger partial charge in [0.25, 0.3) is 12.0 Å². The number of thiophene rings is 1. The summed E-state index contributed by atoms with van der Waals surface area (Å²) in [5.41, 5.74) is -0.644. The molecule has 0 aliphatic carbocycles. The fraction of sp³-hybridized carbons (Fsp3) is 0.611. The molecule has 4 rings (SSSR count). The number of halogens is 2. The Labute approximate surface area is 174 Å². The Morgan fingerprint density at radius 2 is 2.14 bits per heavy atom. The van der Waals surface area contributed by atoms with Crippen molar-refractivity contribution in [2.75, 3.05) is 19.7 Å². The largest absolute Gasteiger partial charge is 0.376 e. The first-order chi connectivity index (χ1) is 13.9. The van der Waals surface area contributed by atoms with E-state index in [1.807, 2.05) is 4.90 Å². The van der Waals surface area contributed by atoms with E-state index in [1.54, 1.807) is 6.92 Å². The third kappa shape index (κ3) is 3.82. The zero-order chi connectivity index (χ0) is 20.7. The number of ether oxygens (including phenoxy) is 1. The molecule has 1 N–H and O–H groups in total. The van der Waals surface area contributed by atoms with Crippen LogP contribution in [0.3, 0.4) is 0 Å². The van der Waals surface area contributed by atoms with Gasteiger partial charge in [-0.1, -0.05) is 0 Å². The average molecular weight is 445 g/mol. The van der Waals surface area contributed by atoms with Crippen LogP contribution in [-0.4, -0.2) is 51.4 Å². The number of nitrogens with one attached hydrogen (secondary N) is 1. The van der Waals surface area contributed by atoms with Crippen LogP contribution in [0.5, 0.6) is 0 Å². The first kappa shape index (κ1) is 20.4. The monoisotopic (exact) mass is 444 g/mol. The fourth-order valence-electron chi connectivity index (χ4n) is 3.88. The number of hydrogen-bond donors (Lipinski definition) is 1. The molecule has 2 fully saturated rings. The molecule has 0 radical (unpaired) electrons. The van der Waals surface area contributed by atoms with Gasteiger partial charge in [-0.25, -0.2) is 13.6 Å². The van der Waals surface area contributed by atoms with E-state index in [1.165, 1.54) is 15.9 Å². The van der Waals surface area contributed by atoms with Crippen LogP contribution in [0.2, 0.25) is 0 Å². The van der Waals surface area contributed by atoms with Crippen molar-refractivity contribution in [3.63, 3.8) is 0 Å². The molecule has 2 aromatic heterocycles. The van der Waals surface area contributed by atoms with E-state index >= 15 is 0 Å². The molecule has 158 valence electrons. The third-order valence-corrected chi connectivity index (χ3v) is 7.11. The SMILES string of the molecule is Cc1c(CN2CCNC2=S)sc2c1c(=O)n(CC(F)F)c(=O)n2CC1CCCO1. The van der Waals surface area contributed by atoms with Crippen molar-refractivity contribution in [3.05, 3.63) is 31.3 Å². The molecule has 0 saturated carbocycles. The highest BCUT2D eigenvalue weighted by Gasteiger charge is 2.26. The summed E-state index contributed by atoms with van der Waals surface area (Å²) in [7, 11) is 0. The highest BCUT2D eigenvalue weighted by Crippen LogP contribution is 2.30. The van der Waals surface area contributed by atoms with Crippen molar-refractivity contribution in [2.45, 2.75) is 51.9 Å². The second-order valence-electron chi connectivity index (χ2n) is 7.32. The molecule has 0 aromatic carbocycles. The molecule has 2 saturated heterocycles. The minimum absolute atomic E-state index is 0.158. The van der Waals surface area contributed by atoms with Crippen LogP contribution in [-0.2, 0) is 24.4 Å². The maximum absolute atomic E-state index is 13.1. The first-order valence-electron chi connectivity index (χ1n) is 9.55. The minimum atomic E-state index is -2.79. The van der Waals surface area contributed by atoms with Crippen LogP contribution in [0, 0.1) is 6.92 Å². The van der Waals surface area contributed by atoms with Crippen molar-refractivity contribution in [2.24, 2.45) is 0 Å². The standard InChI is InChI=1S/C18H22F2N4O3S2/c1-10-12(8-22-5-4-21-17(22)28)29-16-14(10)15(25)23(9-13(19)20)18(26)24(16)7-11-3-2-6-27-11/h11,13H,2-9H2,1H3,(H,21,28). The van der Waals surface area contributed by atoms with Crippen LogP contribution < -0.4 is 16.6 Å². The van der Waals surface area contributed by atoms with Gasteiger partial charge in [-0.15, -0.1) is 11.3 Å². The van der Waals surface area contributed by atoms with E-state index in [9.17, 15) is 18.4 Å². The quantitative estimate of drug-likeness (QED) is 0.684. The first-order valence-corrected chi connectivity index (χ1v) is 10.8. The Bertz CT molecular complexity index is 1060. The molecule has 1 unspecified atom stereocenters. The van der Waals surface area contributed by atoms with E-state index in [0.717, 1.165) is 30.8 Å². The van der Waals surface area contributed by atoms with Crippen LogP contribution in [0.25, 0.3) is 10.2 Å². The molecule has 2 aliphatic heterocycles. The molecular weight excluding hydrogens is 422 g/mol. The van der Waals surface area contributed by atoms with Crippen LogP contribution >= 0.6 is 23.6 Å². The Hall–Kier alpha value is -1.85. The van der Waals surface area contributed by atoms with E-state index in [2.05, 4.69) is 5.32 Å². The normalized spacial score (nSPS) is 19.7. The molecule has 11 heteroatoms. The van der Waals surface area contributed by atoms with Crippen molar-refractivity contribution >= 4 is 38.9 Å². The summed E-state index contributed by atoms with van der Waals surface area (Å²) < 4.78 is 33.9. The van der Waals surface area contributed by atoms with Crippen molar-refractivity contribution in [1.29, 1.82) is 0 Å². The predicted molar refractivity (Wildman–Crippen MR) is 111 cm³/mol. The van der Waals surface area contributed by atoms with E-state index in [0.29, 0.717) is 38.6 Å². The topological polar surface area (TPSA) is 68.5 Å². The van der Waals surface area contributed by atoms with Gasteiger partial charge in [0.05, 0.1) is 31.1 Å². The van der Waals surface area contributed by atoms with E-state index < -0.39 is 24.2 Å². The zero-order valence-corrected chi connectivity index (χ0v) is 17.6. The Morgan fingerprint density at radius 1 is 1.34 bits per heavy atom. The van der Waals surface area contributed by atoms with E-state index in [4.69, 9.17) is 17.0 Å². The van der Waals surface area contributed by atoms with Gasteiger partial charge in [0.2, 0.25) is 0 Å². The lowest BCUT2D eigenvalue weighted by Gasteiger charge is -2.15. The van der Waals surface area contributed by atoms with Gasteiger partial charge in [-0.3, -0.25) is 13.9 Å². The number of nitrogens with zero attached hydrogens (tertiary/aromatic N) is 3. The molecule has 0 spiro atoms. The number of thiocarbonyl (C=S) groups is 1. The van der Waals surface area contributed by atoms with Crippen LogP contribution in [0.15, 0.2) is 9.59 Å². The van der Waals surface area contributed by atoms with Crippen molar-refractivity contribution in [1.82, 2.24) is 19.4 Å². The lowest BCUT2D eigenvalue weighted by atomic mass is 10.2. The van der Waals surface area contributed by atoms with Gasteiger partial charge < -0.3 is 15.0 Å². The maximum atomic E-state index is 13.1. The van der Waals surface area contributed by atoms with Gasteiger partial charge in [0.1, 0.15) is 4.83 Å². The Balaban J connectivity index is 1.85. The number of alkyl halides is 2. The lowest BCUT2D eigenvalue weighted by Crippen LogP contribution is -2.42. The van der Waals surface area contributed by atoms with Crippen molar-refractivity contribution < 1.29 is 13.5 Å². The summed E-state index contributed by atoms with van der Waals surface area (Å²) in [6.45, 7) is 3.78. The van der Waals surface area contributed by atoms with E-state index in [-0.39, 0.29) is 12.6 Å². The molecule has 4 heterocycles. The van der Waals surface area contributed by atoms with Crippen LogP contribution in [0.1, 0.15) is 23.3 Å². The Morgan fingerprint density at radius 3 is 2.76 bits per heavy atom. The summed E-state index contributed by atoms with van der Waals surface area (Å²) in [6, 6.07) is 0. The highest BCUT2D eigenvalue weighted by atomic mass is 32.1. The van der Waals surface area contributed by atoms with Gasteiger partial charge >= 0.3 is 5.69 Å². The number of aryl methyl sites for hydroxylation is 1. The molecule has 29 heavy (non-hydrogen) atoms. The minimum Gasteiger partial charge on any atom is -0.376 e. The lowest BCUT2D eigenvalue weighted by molar-refractivity contribution is 0.0952. The number of fused-ring (bicyclic) bond motifs is 1. The molecule has 2 aromatic rings.